The van der Waals surface area contributed by atoms with Gasteiger partial charge in [0.1, 0.15) is 0 Å². The van der Waals surface area contributed by atoms with Crippen LogP contribution in [0.1, 0.15) is 19.3 Å². The number of hydrogen-bond acceptors (Lipinski definition) is 5. The van der Waals surface area contributed by atoms with Gasteiger partial charge in [0.2, 0.25) is 0 Å². The normalized spacial score (nSPS) is 42.5. The van der Waals surface area contributed by atoms with Gasteiger partial charge in [-0.25, -0.2) is 0 Å². The Balaban J connectivity index is 1.61. The maximum atomic E-state index is 6.10. The first-order chi connectivity index (χ1) is 8.81. The van der Waals surface area contributed by atoms with Gasteiger partial charge in [0.25, 0.3) is 0 Å². The Morgan fingerprint density at radius 2 is 2.33 bits per heavy atom. The number of rotatable bonds is 2. The zero-order chi connectivity index (χ0) is 12.4. The maximum Gasteiger partial charge on any atom is 0.0824 e. The summed E-state index contributed by atoms with van der Waals surface area (Å²) >= 11 is 2.04. The van der Waals surface area contributed by atoms with Crippen molar-refractivity contribution in [3.05, 3.63) is 0 Å². The van der Waals surface area contributed by atoms with Crippen molar-refractivity contribution in [1.29, 1.82) is 0 Å². The Kier molecular flexibility index (Phi) is 4.15. The molecule has 0 bridgehead atoms. The highest BCUT2D eigenvalue weighted by molar-refractivity contribution is 7.99. The fourth-order valence-corrected chi connectivity index (χ4v) is 4.77. The van der Waals surface area contributed by atoms with E-state index in [-0.39, 0.29) is 11.7 Å². The minimum Gasteiger partial charge on any atom is -0.374 e. The van der Waals surface area contributed by atoms with Crippen LogP contribution in [0.5, 0.6) is 0 Å². The van der Waals surface area contributed by atoms with Crippen molar-refractivity contribution in [1.82, 2.24) is 4.90 Å². The first kappa shape index (κ1) is 13.2. The molecular formula is C13H24N2O2S. The molecule has 1 spiro atoms. The number of thioether (sulfide) groups is 1. The minimum atomic E-state index is 0.185. The van der Waals surface area contributed by atoms with Gasteiger partial charge < -0.3 is 15.2 Å². The lowest BCUT2D eigenvalue weighted by molar-refractivity contribution is -0.111. The van der Waals surface area contributed by atoms with Crippen LogP contribution in [0.2, 0.25) is 0 Å². The molecule has 5 heteroatoms. The smallest absolute Gasteiger partial charge is 0.0824 e. The molecule has 3 unspecified atom stereocenters. The Hall–Kier alpha value is 0.190. The van der Waals surface area contributed by atoms with Crippen molar-refractivity contribution in [2.24, 2.45) is 5.73 Å². The summed E-state index contributed by atoms with van der Waals surface area (Å²) in [6.07, 6.45) is 3.84. The lowest BCUT2D eigenvalue weighted by Crippen LogP contribution is -2.54. The number of ether oxygens (including phenoxy) is 2. The van der Waals surface area contributed by atoms with Gasteiger partial charge in [-0.2, -0.15) is 11.8 Å². The summed E-state index contributed by atoms with van der Waals surface area (Å²) in [7, 11) is 0. The summed E-state index contributed by atoms with van der Waals surface area (Å²) in [5.74, 6) is 2.45. The van der Waals surface area contributed by atoms with Gasteiger partial charge in [0, 0.05) is 38.0 Å². The van der Waals surface area contributed by atoms with E-state index in [1.165, 1.54) is 30.8 Å². The van der Waals surface area contributed by atoms with E-state index < -0.39 is 0 Å². The molecule has 0 aliphatic carbocycles. The van der Waals surface area contributed by atoms with Crippen LogP contribution in [-0.4, -0.2) is 67.0 Å². The molecule has 0 aromatic rings. The molecule has 4 nitrogen and oxygen atoms in total. The second-order valence-electron chi connectivity index (χ2n) is 5.70. The highest BCUT2D eigenvalue weighted by Gasteiger charge is 2.42. The number of nitrogens with zero attached hydrogens (tertiary/aromatic N) is 1. The van der Waals surface area contributed by atoms with E-state index in [2.05, 4.69) is 4.90 Å². The minimum absolute atomic E-state index is 0.185. The largest absolute Gasteiger partial charge is 0.374 e. The summed E-state index contributed by atoms with van der Waals surface area (Å²) < 4.78 is 11.8. The van der Waals surface area contributed by atoms with E-state index in [1.807, 2.05) is 11.8 Å². The van der Waals surface area contributed by atoms with Crippen LogP contribution < -0.4 is 5.73 Å². The molecule has 3 aliphatic rings. The van der Waals surface area contributed by atoms with Crippen molar-refractivity contribution in [2.75, 3.05) is 44.4 Å². The van der Waals surface area contributed by atoms with E-state index in [0.717, 1.165) is 26.3 Å². The van der Waals surface area contributed by atoms with E-state index >= 15 is 0 Å². The zero-order valence-corrected chi connectivity index (χ0v) is 11.8. The van der Waals surface area contributed by atoms with Crippen LogP contribution in [0.3, 0.4) is 0 Å². The molecule has 3 aliphatic heterocycles. The second-order valence-corrected chi connectivity index (χ2v) is 6.81. The van der Waals surface area contributed by atoms with E-state index in [4.69, 9.17) is 15.2 Å². The molecular weight excluding hydrogens is 248 g/mol. The standard InChI is InChI=1S/C13H24N2O2S/c14-8-12-9-15(3-5-16-12)11-1-4-17-13(7-11)2-6-18-10-13/h11-12H,1-10,14H2. The van der Waals surface area contributed by atoms with Crippen LogP contribution in [0.15, 0.2) is 0 Å². The van der Waals surface area contributed by atoms with Crippen molar-refractivity contribution in [2.45, 2.75) is 37.0 Å². The lowest BCUT2D eigenvalue weighted by atomic mass is 9.88. The second kappa shape index (κ2) is 5.67. The van der Waals surface area contributed by atoms with Crippen molar-refractivity contribution >= 4 is 11.8 Å². The quantitative estimate of drug-likeness (QED) is 0.802. The fourth-order valence-electron chi connectivity index (χ4n) is 3.39. The first-order valence-corrected chi connectivity index (χ1v) is 8.24. The molecule has 0 amide bonds. The van der Waals surface area contributed by atoms with E-state index in [1.54, 1.807) is 0 Å². The molecule has 3 atom stereocenters. The highest BCUT2D eigenvalue weighted by atomic mass is 32.2. The molecule has 0 saturated carbocycles. The average Bonchev–Trinajstić information content (AvgIpc) is 2.87. The van der Waals surface area contributed by atoms with Gasteiger partial charge in [-0.1, -0.05) is 0 Å². The van der Waals surface area contributed by atoms with Crippen molar-refractivity contribution < 1.29 is 9.47 Å². The van der Waals surface area contributed by atoms with Crippen LogP contribution >= 0.6 is 11.8 Å². The molecule has 2 N–H and O–H groups in total. The fraction of sp³-hybridized carbons (Fsp3) is 1.00. The third kappa shape index (κ3) is 2.70. The topological polar surface area (TPSA) is 47.7 Å². The van der Waals surface area contributed by atoms with E-state index in [0.29, 0.717) is 12.6 Å². The number of morpholine rings is 1. The van der Waals surface area contributed by atoms with Gasteiger partial charge >= 0.3 is 0 Å². The molecule has 3 heterocycles. The first-order valence-electron chi connectivity index (χ1n) is 7.09. The zero-order valence-electron chi connectivity index (χ0n) is 11.0. The summed E-state index contributed by atoms with van der Waals surface area (Å²) in [5.41, 5.74) is 5.92. The van der Waals surface area contributed by atoms with Crippen LogP contribution in [0.4, 0.5) is 0 Å². The van der Waals surface area contributed by atoms with Crippen LogP contribution in [0, 0.1) is 0 Å². The van der Waals surface area contributed by atoms with Gasteiger partial charge in [-0.05, 0) is 25.0 Å². The summed E-state index contributed by atoms with van der Waals surface area (Å²) in [6, 6.07) is 0.676. The Labute approximate surface area is 114 Å². The molecule has 3 fully saturated rings. The number of hydrogen-bond donors (Lipinski definition) is 1. The third-order valence-corrected chi connectivity index (χ3v) is 5.71. The summed E-state index contributed by atoms with van der Waals surface area (Å²) in [6.45, 7) is 4.46. The van der Waals surface area contributed by atoms with Gasteiger partial charge in [0.05, 0.1) is 18.3 Å². The molecule has 3 saturated heterocycles. The van der Waals surface area contributed by atoms with Gasteiger partial charge in [0.15, 0.2) is 0 Å². The predicted molar refractivity (Wildman–Crippen MR) is 74.0 cm³/mol. The Bertz CT molecular complexity index is 284. The van der Waals surface area contributed by atoms with Crippen molar-refractivity contribution in [3.8, 4) is 0 Å². The molecule has 0 aromatic heterocycles. The molecule has 104 valence electrons. The third-order valence-electron chi connectivity index (χ3n) is 4.48. The summed E-state index contributed by atoms with van der Waals surface area (Å²) in [5, 5.41) is 0. The maximum absolute atomic E-state index is 6.10. The highest BCUT2D eigenvalue weighted by Crippen LogP contribution is 2.39. The molecule has 3 rings (SSSR count). The average molecular weight is 272 g/mol. The van der Waals surface area contributed by atoms with Gasteiger partial charge in [-0.15, -0.1) is 0 Å². The number of nitrogens with two attached hydrogens (primary N) is 1. The molecule has 18 heavy (non-hydrogen) atoms. The van der Waals surface area contributed by atoms with Crippen LogP contribution in [0.25, 0.3) is 0 Å². The lowest BCUT2D eigenvalue weighted by Gasteiger charge is -2.45. The van der Waals surface area contributed by atoms with Crippen LogP contribution in [-0.2, 0) is 9.47 Å². The van der Waals surface area contributed by atoms with Crippen molar-refractivity contribution in [3.63, 3.8) is 0 Å². The van der Waals surface area contributed by atoms with E-state index in [9.17, 15) is 0 Å². The summed E-state index contributed by atoms with van der Waals surface area (Å²) in [4.78, 5) is 2.59. The predicted octanol–water partition coefficient (Wildman–Crippen LogP) is 0.701. The van der Waals surface area contributed by atoms with Gasteiger partial charge in [-0.3, -0.25) is 4.90 Å². The Morgan fingerprint density at radius 1 is 1.39 bits per heavy atom. The Morgan fingerprint density at radius 3 is 3.11 bits per heavy atom. The SMILES string of the molecule is NCC1CN(C2CCOC3(CCSC3)C2)CCO1. The monoisotopic (exact) mass is 272 g/mol. The molecule has 0 aromatic carbocycles. The molecule has 0 radical (unpaired) electrons.